The number of para-hydroxylation sites is 1. The Morgan fingerprint density at radius 1 is 0.667 bits per heavy atom. The third kappa shape index (κ3) is 17.6. The number of aliphatic hydroxyl groups excluding tert-OH is 1. The quantitative estimate of drug-likeness (QED) is 0.0294. The zero-order valence-electron chi connectivity index (χ0n) is 60.4. The molecule has 1 aliphatic carbocycles. The van der Waals surface area contributed by atoms with Crippen molar-refractivity contribution in [3.63, 3.8) is 0 Å². The number of Topliss-reactive ketones (excluding diaryl/α,β-unsaturated/α-hetero) is 3. The molecule has 22 nitrogen and oxygen atoms in total. The molecule has 0 bridgehead atoms. The van der Waals surface area contributed by atoms with Crippen molar-refractivity contribution in [2.24, 2.45) is 17.3 Å². The van der Waals surface area contributed by atoms with E-state index in [2.05, 4.69) is 17.2 Å². The second kappa shape index (κ2) is 33.6. The van der Waals surface area contributed by atoms with Crippen LogP contribution in [0.25, 0.3) is 5.57 Å². The van der Waals surface area contributed by atoms with E-state index in [4.69, 9.17) is 37.9 Å². The van der Waals surface area contributed by atoms with Gasteiger partial charge in [0.1, 0.15) is 24.7 Å². The predicted molar refractivity (Wildman–Crippen MR) is 391 cm³/mol. The first-order chi connectivity index (χ1) is 50.8. The third-order valence-electron chi connectivity index (χ3n) is 20.7. The van der Waals surface area contributed by atoms with Crippen molar-refractivity contribution < 1.29 is 81.4 Å². The van der Waals surface area contributed by atoms with Gasteiger partial charge in [-0.05, 0) is 145 Å². The van der Waals surface area contributed by atoms with Crippen molar-refractivity contribution in [2.45, 2.75) is 142 Å². The number of benzene rings is 6. The Labute approximate surface area is 612 Å². The molecule has 0 aromatic heterocycles. The van der Waals surface area contributed by atoms with Crippen molar-refractivity contribution in [3.8, 4) is 40.6 Å². The average Bonchev–Trinajstić information content (AvgIpc) is 1.57. The summed E-state index contributed by atoms with van der Waals surface area (Å²) >= 11 is 0. The smallest absolute Gasteiger partial charge is 0.416 e. The van der Waals surface area contributed by atoms with Gasteiger partial charge >= 0.3 is 6.09 Å². The Morgan fingerprint density at radius 3 is 2.08 bits per heavy atom. The number of carbonyl (C=O) groups is 8. The first kappa shape index (κ1) is 74.4. The molecule has 5 aliphatic heterocycles. The van der Waals surface area contributed by atoms with Crippen LogP contribution in [0.5, 0.6) is 28.7 Å². The second-order valence-electron chi connectivity index (χ2n) is 28.3. The summed E-state index contributed by atoms with van der Waals surface area (Å²) < 4.78 is 46.7. The second-order valence-corrected chi connectivity index (χ2v) is 28.3. The number of nitrogens with zero attached hydrogens (tertiary/aromatic N) is 4. The van der Waals surface area contributed by atoms with Gasteiger partial charge in [-0.25, -0.2) is 9.69 Å². The van der Waals surface area contributed by atoms with E-state index in [1.165, 1.54) is 26.4 Å². The number of anilines is 2. The van der Waals surface area contributed by atoms with Crippen LogP contribution >= 0.6 is 0 Å². The summed E-state index contributed by atoms with van der Waals surface area (Å²) in [7, 11) is 4.63. The first-order valence-electron chi connectivity index (χ1n) is 36.2. The zero-order valence-corrected chi connectivity index (χ0v) is 60.4. The Balaban J connectivity index is 0.579. The van der Waals surface area contributed by atoms with Gasteiger partial charge in [-0.1, -0.05) is 92.4 Å². The number of rotatable bonds is 32. The van der Waals surface area contributed by atoms with E-state index in [0.717, 1.165) is 75.4 Å². The van der Waals surface area contributed by atoms with Crippen LogP contribution in [-0.4, -0.2) is 154 Å². The molecule has 2 N–H and O–H groups in total. The molecular weight excluding hydrogens is 1340 g/mol. The molecule has 0 radical (unpaired) electrons. The maximum absolute atomic E-state index is 14.5. The molecule has 5 atom stereocenters. The predicted octanol–water partition coefficient (Wildman–Crippen LogP) is 11.2. The third-order valence-corrected chi connectivity index (χ3v) is 20.7. The van der Waals surface area contributed by atoms with Crippen molar-refractivity contribution in [1.82, 2.24) is 15.1 Å². The standard InChI is InChI=1S/C83H91N5O17/c1-52(2)66(42-64(90)50-102-38-37-101-34-11-16-63(89)28-31-77(92)86-47-60-15-8-7-13-56(60)22-23-58-14-9-10-17-69(58)86)78(93)84-53(3)72(91)39-54-18-20-55(21-19-54)49-105-82(97)88-70-45-76(74(100-6)44-68(70)80(95)87-51-83(32-33-83)46-71(87)81(88)96)104-36-12-35-103-75-41-59-24-27-62-40-61(57-25-29-65(98-4)30-26-57)48-85(62)79(94)67(59)43-73(75)99-5/h7-10,13-15,17-21,25-26,29-30,41,43-45,48,52-53,62,66,71,81,96H,11-12,16,24,27-28,31-40,42,46-47,49-51H2,1-6H3,(H,84,93)/t53-,62+,66-,71-,81-/m0/s1. The van der Waals surface area contributed by atoms with E-state index in [0.29, 0.717) is 73.6 Å². The Hall–Kier alpha value is -10.3. The van der Waals surface area contributed by atoms with Crippen LogP contribution in [0.2, 0.25) is 0 Å². The zero-order chi connectivity index (χ0) is 73.9. The molecule has 0 unspecified atom stereocenters. The normalized spacial score (nSPS) is 17.8. The highest BCUT2D eigenvalue weighted by Crippen LogP contribution is 2.57. The molecule has 2 fully saturated rings. The molecule has 6 aromatic rings. The summed E-state index contributed by atoms with van der Waals surface area (Å²) in [5.74, 6) is 5.98. The molecule has 12 rings (SSSR count). The fourth-order valence-electron chi connectivity index (χ4n) is 14.4. The van der Waals surface area contributed by atoms with Crippen molar-refractivity contribution >= 4 is 64.0 Å². The van der Waals surface area contributed by atoms with Crippen molar-refractivity contribution in [1.29, 1.82) is 0 Å². The van der Waals surface area contributed by atoms with E-state index in [-0.39, 0.29) is 147 Å². The van der Waals surface area contributed by atoms with Gasteiger partial charge < -0.3 is 63.0 Å². The summed E-state index contributed by atoms with van der Waals surface area (Å²) in [6.45, 7) is 6.55. The lowest BCUT2D eigenvalue weighted by Crippen LogP contribution is -2.50. The number of aliphatic hydroxyl groups is 1. The van der Waals surface area contributed by atoms with Gasteiger partial charge in [-0.2, -0.15) is 0 Å². The SMILES string of the molecule is COc1ccc(C2=CN3C(=O)c4cc(OC)c(OCCCOc5cc6c(cc5OC)C(=O)N5CC7(CC7)C[C@H]5[C@H](O)N6C(=O)OCc5ccc(CC(=O)[C@H](C)NC(=O)[C@@H](CC(=O)COCCOCCCC(=O)CCC(=O)N6Cc7ccccc7C#Cc7ccccc76)C(C)C)cc5)cc4CC[C@@H]3C2)cc1. The Bertz CT molecular complexity index is 4340. The Kier molecular flexibility index (Phi) is 23.8. The van der Waals surface area contributed by atoms with Crippen LogP contribution < -0.4 is 38.8 Å². The molecule has 6 aliphatic rings. The number of amides is 5. The van der Waals surface area contributed by atoms with E-state index in [9.17, 15) is 43.5 Å². The average molecular weight is 1430 g/mol. The van der Waals surface area contributed by atoms with E-state index < -0.39 is 36.2 Å². The largest absolute Gasteiger partial charge is 0.497 e. The summed E-state index contributed by atoms with van der Waals surface area (Å²) in [6, 6.07) is 35.1. The minimum absolute atomic E-state index is 0.0112. The lowest BCUT2D eigenvalue weighted by Gasteiger charge is -2.31. The number of carbonyl (C=O) groups excluding carboxylic acids is 8. The molecule has 105 heavy (non-hydrogen) atoms. The highest BCUT2D eigenvalue weighted by molar-refractivity contribution is 6.06. The molecule has 1 saturated heterocycles. The van der Waals surface area contributed by atoms with Gasteiger partial charge in [0, 0.05) is 92.6 Å². The summed E-state index contributed by atoms with van der Waals surface area (Å²) in [5.41, 5.74) is 8.17. The number of aryl methyl sites for hydroxylation is 1. The van der Waals surface area contributed by atoms with Crippen molar-refractivity contribution in [2.75, 3.05) is 77.3 Å². The van der Waals surface area contributed by atoms with Crippen LogP contribution in [0, 0.1) is 29.1 Å². The number of ether oxygens (including phenoxy) is 8. The molecule has 22 heteroatoms. The summed E-state index contributed by atoms with van der Waals surface area (Å²) in [6.07, 6.45) is 5.23. The topological polar surface area (TPSA) is 256 Å². The van der Waals surface area contributed by atoms with Crippen LogP contribution in [0.4, 0.5) is 16.2 Å². The fraction of sp³-hybridized carbons (Fsp3) is 0.422. The lowest BCUT2D eigenvalue weighted by molar-refractivity contribution is -0.134. The number of fused-ring (bicyclic) bond motifs is 6. The van der Waals surface area contributed by atoms with Gasteiger partial charge in [-0.3, -0.25) is 33.6 Å². The summed E-state index contributed by atoms with van der Waals surface area (Å²) in [5, 5.41) is 15.0. The van der Waals surface area contributed by atoms with Gasteiger partial charge in [0.15, 0.2) is 40.8 Å². The number of ketones is 3. The first-order valence-corrected chi connectivity index (χ1v) is 36.2. The van der Waals surface area contributed by atoms with Crippen molar-refractivity contribution in [3.05, 3.63) is 178 Å². The van der Waals surface area contributed by atoms with E-state index in [1.807, 2.05) is 104 Å². The molecule has 5 heterocycles. The fourth-order valence-corrected chi connectivity index (χ4v) is 14.4. The molecule has 5 amide bonds. The van der Waals surface area contributed by atoms with Gasteiger partial charge in [0.25, 0.3) is 11.8 Å². The number of methoxy groups -OCH3 is 3. The molecule has 550 valence electrons. The molecule has 6 aromatic carbocycles. The highest BCUT2D eigenvalue weighted by atomic mass is 16.6. The van der Waals surface area contributed by atoms with Crippen LogP contribution in [0.15, 0.2) is 128 Å². The van der Waals surface area contributed by atoms with Crippen LogP contribution in [0.1, 0.15) is 151 Å². The van der Waals surface area contributed by atoms with Crippen LogP contribution in [0.3, 0.4) is 0 Å². The molecular formula is C83H91N5O17. The van der Waals surface area contributed by atoms with Gasteiger partial charge in [-0.15, -0.1) is 0 Å². The minimum Gasteiger partial charge on any atom is -0.497 e. The molecule has 1 saturated carbocycles. The number of hydrogen-bond donors (Lipinski definition) is 2. The highest BCUT2D eigenvalue weighted by Gasteiger charge is 2.58. The van der Waals surface area contributed by atoms with E-state index in [1.54, 1.807) is 54.2 Å². The Morgan fingerprint density at radius 2 is 1.35 bits per heavy atom. The van der Waals surface area contributed by atoms with Crippen LogP contribution in [-0.2, 0) is 64.2 Å². The number of hydrogen-bond acceptors (Lipinski definition) is 17. The molecule has 1 spiro atoms. The monoisotopic (exact) mass is 1430 g/mol. The van der Waals surface area contributed by atoms with Gasteiger partial charge in [0.05, 0.1) is 83.3 Å². The van der Waals surface area contributed by atoms with E-state index >= 15 is 0 Å². The van der Waals surface area contributed by atoms with Gasteiger partial charge in [0.2, 0.25) is 11.8 Å². The summed E-state index contributed by atoms with van der Waals surface area (Å²) in [4.78, 5) is 116. The number of nitrogens with one attached hydrogen (secondary N) is 1. The lowest BCUT2D eigenvalue weighted by atomic mass is 9.89. The maximum atomic E-state index is 14.5. The maximum Gasteiger partial charge on any atom is 0.416 e. The minimum atomic E-state index is -1.47.